The first kappa shape index (κ1) is 17.1. The summed E-state index contributed by atoms with van der Waals surface area (Å²) in [5.74, 6) is 0.451. The summed E-state index contributed by atoms with van der Waals surface area (Å²) in [4.78, 5) is 0.381. The smallest absolute Gasteiger partial charge is 0.240 e. The average molecular weight is 298 g/mol. The van der Waals surface area contributed by atoms with E-state index in [-0.39, 0.29) is 6.04 Å². The van der Waals surface area contributed by atoms with E-state index in [9.17, 15) is 8.42 Å². The van der Waals surface area contributed by atoms with Crippen LogP contribution in [-0.4, -0.2) is 28.1 Å². The Morgan fingerprint density at radius 2 is 1.85 bits per heavy atom. The van der Waals surface area contributed by atoms with Gasteiger partial charge >= 0.3 is 0 Å². The van der Waals surface area contributed by atoms with E-state index in [4.69, 9.17) is 0 Å². The molecule has 0 fully saturated rings. The van der Waals surface area contributed by atoms with Crippen molar-refractivity contribution in [2.75, 3.05) is 13.6 Å². The fraction of sp³-hybridized carbons (Fsp3) is 0.600. The molecule has 0 amide bonds. The molecule has 0 radical (unpaired) electrons. The predicted molar refractivity (Wildman–Crippen MR) is 83.3 cm³/mol. The zero-order valence-electron chi connectivity index (χ0n) is 12.8. The van der Waals surface area contributed by atoms with Gasteiger partial charge in [-0.2, -0.15) is 0 Å². The summed E-state index contributed by atoms with van der Waals surface area (Å²) >= 11 is 0. The van der Waals surface area contributed by atoms with Gasteiger partial charge < -0.3 is 5.32 Å². The van der Waals surface area contributed by atoms with Crippen molar-refractivity contribution in [1.82, 2.24) is 10.0 Å². The maximum absolute atomic E-state index is 12.1. The zero-order chi connectivity index (χ0) is 15.2. The molecule has 5 heteroatoms. The van der Waals surface area contributed by atoms with Crippen LogP contribution in [0.1, 0.15) is 32.8 Å². The Bertz CT molecular complexity index is 512. The Hall–Kier alpha value is -0.910. The Morgan fingerprint density at radius 3 is 2.40 bits per heavy atom. The largest absolute Gasteiger partial charge is 0.313 e. The van der Waals surface area contributed by atoms with Crippen molar-refractivity contribution in [2.24, 2.45) is 5.92 Å². The standard InChI is InChI=1S/C15H26N2O2S/c1-5-10-17-14(12(2)3)11-13-8-6-7-9-15(13)20(18,19)16-4/h6-9,12,14,16-17H,5,10-11H2,1-4H3. The molecular weight excluding hydrogens is 272 g/mol. The number of hydrogen-bond donors (Lipinski definition) is 2. The van der Waals surface area contributed by atoms with E-state index in [0.717, 1.165) is 24.9 Å². The molecule has 4 nitrogen and oxygen atoms in total. The normalized spacial score (nSPS) is 13.7. The molecule has 0 spiro atoms. The van der Waals surface area contributed by atoms with Crippen LogP contribution in [0, 0.1) is 5.92 Å². The molecule has 0 saturated carbocycles. The predicted octanol–water partition coefficient (Wildman–Crippen LogP) is 2.16. The van der Waals surface area contributed by atoms with Crippen molar-refractivity contribution in [3.05, 3.63) is 29.8 Å². The minimum Gasteiger partial charge on any atom is -0.313 e. The summed E-state index contributed by atoms with van der Waals surface area (Å²) in [6.45, 7) is 7.39. The number of nitrogens with one attached hydrogen (secondary N) is 2. The lowest BCUT2D eigenvalue weighted by Crippen LogP contribution is -2.36. The van der Waals surface area contributed by atoms with E-state index in [2.05, 4.69) is 30.8 Å². The number of benzene rings is 1. The third-order valence-corrected chi connectivity index (χ3v) is 4.95. The lowest BCUT2D eigenvalue weighted by Gasteiger charge is -2.23. The van der Waals surface area contributed by atoms with Gasteiger partial charge in [-0.25, -0.2) is 13.1 Å². The first-order valence-electron chi connectivity index (χ1n) is 7.17. The Kier molecular flexibility index (Phi) is 6.65. The molecule has 0 aliphatic rings. The minimum atomic E-state index is -3.40. The second-order valence-corrected chi connectivity index (χ2v) is 7.18. The number of rotatable bonds is 8. The molecule has 0 heterocycles. The highest BCUT2D eigenvalue weighted by molar-refractivity contribution is 7.89. The van der Waals surface area contributed by atoms with Gasteiger partial charge in [0.25, 0.3) is 0 Å². The fourth-order valence-electron chi connectivity index (χ4n) is 2.15. The summed E-state index contributed by atoms with van der Waals surface area (Å²) < 4.78 is 26.5. The van der Waals surface area contributed by atoms with Crippen LogP contribution in [0.4, 0.5) is 0 Å². The van der Waals surface area contributed by atoms with Crippen LogP contribution < -0.4 is 10.0 Å². The Balaban J connectivity index is 3.01. The van der Waals surface area contributed by atoms with Crippen molar-refractivity contribution >= 4 is 10.0 Å². The molecule has 1 atom stereocenters. The molecule has 0 saturated heterocycles. The minimum absolute atomic E-state index is 0.281. The van der Waals surface area contributed by atoms with Crippen molar-refractivity contribution in [2.45, 2.75) is 44.6 Å². The molecule has 20 heavy (non-hydrogen) atoms. The first-order chi connectivity index (χ1) is 9.42. The highest BCUT2D eigenvalue weighted by Gasteiger charge is 2.20. The van der Waals surface area contributed by atoms with Gasteiger partial charge in [0, 0.05) is 6.04 Å². The van der Waals surface area contributed by atoms with Crippen LogP contribution in [0.2, 0.25) is 0 Å². The second kappa shape index (κ2) is 7.76. The van der Waals surface area contributed by atoms with E-state index in [1.54, 1.807) is 12.1 Å². The topological polar surface area (TPSA) is 58.2 Å². The van der Waals surface area contributed by atoms with Crippen molar-refractivity contribution < 1.29 is 8.42 Å². The molecule has 1 rings (SSSR count). The van der Waals surface area contributed by atoms with Crippen molar-refractivity contribution in [3.63, 3.8) is 0 Å². The summed E-state index contributed by atoms with van der Waals surface area (Å²) in [5.41, 5.74) is 0.865. The molecule has 114 valence electrons. The summed E-state index contributed by atoms with van der Waals surface area (Å²) in [5, 5.41) is 3.50. The maximum atomic E-state index is 12.1. The van der Waals surface area contributed by atoms with Crippen LogP contribution in [0.25, 0.3) is 0 Å². The van der Waals surface area contributed by atoms with Crippen LogP contribution in [0.15, 0.2) is 29.2 Å². The first-order valence-corrected chi connectivity index (χ1v) is 8.65. The third kappa shape index (κ3) is 4.58. The number of sulfonamides is 1. The lowest BCUT2D eigenvalue weighted by molar-refractivity contribution is 0.395. The molecule has 0 bridgehead atoms. The molecule has 1 unspecified atom stereocenters. The van der Waals surface area contributed by atoms with Gasteiger partial charge in [-0.3, -0.25) is 0 Å². The molecular formula is C15H26N2O2S. The summed E-state index contributed by atoms with van der Waals surface area (Å²) in [6.07, 6.45) is 1.79. The third-order valence-electron chi connectivity index (χ3n) is 3.43. The average Bonchev–Trinajstić information content (AvgIpc) is 2.43. The van der Waals surface area contributed by atoms with Gasteiger partial charge in [-0.05, 0) is 44.0 Å². The highest BCUT2D eigenvalue weighted by atomic mass is 32.2. The van der Waals surface area contributed by atoms with Gasteiger partial charge in [0.1, 0.15) is 0 Å². The van der Waals surface area contributed by atoms with Gasteiger partial charge in [-0.1, -0.05) is 39.0 Å². The van der Waals surface area contributed by atoms with Crippen molar-refractivity contribution in [1.29, 1.82) is 0 Å². The van der Waals surface area contributed by atoms with Gasteiger partial charge in [0.15, 0.2) is 0 Å². The van der Waals surface area contributed by atoms with Crippen molar-refractivity contribution in [3.8, 4) is 0 Å². The Morgan fingerprint density at radius 1 is 1.20 bits per heavy atom. The quantitative estimate of drug-likeness (QED) is 0.773. The molecule has 0 aromatic heterocycles. The van der Waals surface area contributed by atoms with Crippen LogP contribution in [-0.2, 0) is 16.4 Å². The molecule has 1 aromatic rings. The van der Waals surface area contributed by atoms with Crippen LogP contribution in [0.5, 0.6) is 0 Å². The molecule has 2 N–H and O–H groups in total. The Labute approximate surface area is 123 Å². The summed E-state index contributed by atoms with van der Waals surface area (Å²) in [7, 11) is -1.95. The lowest BCUT2D eigenvalue weighted by atomic mass is 9.96. The van der Waals surface area contributed by atoms with E-state index >= 15 is 0 Å². The van der Waals surface area contributed by atoms with Crippen LogP contribution >= 0.6 is 0 Å². The SMILES string of the molecule is CCCNC(Cc1ccccc1S(=O)(=O)NC)C(C)C. The fourth-order valence-corrected chi connectivity index (χ4v) is 3.13. The number of hydrogen-bond acceptors (Lipinski definition) is 3. The van der Waals surface area contributed by atoms with Gasteiger partial charge in [0.2, 0.25) is 10.0 Å². The highest BCUT2D eigenvalue weighted by Crippen LogP contribution is 2.19. The maximum Gasteiger partial charge on any atom is 0.240 e. The molecule has 1 aromatic carbocycles. The van der Waals surface area contributed by atoms with E-state index in [1.807, 2.05) is 12.1 Å². The van der Waals surface area contributed by atoms with Gasteiger partial charge in [0.05, 0.1) is 4.90 Å². The van der Waals surface area contributed by atoms with Gasteiger partial charge in [-0.15, -0.1) is 0 Å². The second-order valence-electron chi connectivity index (χ2n) is 5.32. The molecule has 0 aliphatic heterocycles. The zero-order valence-corrected chi connectivity index (χ0v) is 13.6. The summed E-state index contributed by atoms with van der Waals surface area (Å²) in [6, 6.07) is 7.49. The van der Waals surface area contributed by atoms with E-state index in [0.29, 0.717) is 10.8 Å². The van der Waals surface area contributed by atoms with E-state index in [1.165, 1.54) is 7.05 Å². The molecule has 0 aliphatic carbocycles. The monoisotopic (exact) mass is 298 g/mol. The van der Waals surface area contributed by atoms with E-state index < -0.39 is 10.0 Å². The van der Waals surface area contributed by atoms with Crippen LogP contribution in [0.3, 0.4) is 0 Å².